The van der Waals surface area contributed by atoms with Crippen molar-refractivity contribution in [1.29, 1.82) is 0 Å². The molecule has 21 heavy (non-hydrogen) atoms. The molecule has 0 radical (unpaired) electrons. The van der Waals surface area contributed by atoms with Gasteiger partial charge in [-0.3, -0.25) is 0 Å². The molecular weight excluding hydrogens is 286 g/mol. The van der Waals surface area contributed by atoms with Crippen molar-refractivity contribution in [3.05, 3.63) is 40.1 Å². The fraction of sp³-hybridized carbons (Fsp3) is 0.375. The minimum atomic E-state index is 0.0737. The Morgan fingerprint density at radius 2 is 2.14 bits per heavy atom. The third kappa shape index (κ3) is 3.49. The first kappa shape index (κ1) is 14.2. The minimum Gasteiger partial charge on any atom is -0.493 e. The summed E-state index contributed by atoms with van der Waals surface area (Å²) in [6, 6.07) is 6.08. The summed E-state index contributed by atoms with van der Waals surface area (Å²) in [6.45, 7) is 2.90. The van der Waals surface area contributed by atoms with Gasteiger partial charge in [-0.25, -0.2) is 0 Å². The molecule has 4 nitrogen and oxygen atoms in total. The van der Waals surface area contributed by atoms with E-state index in [0.717, 1.165) is 35.7 Å². The van der Waals surface area contributed by atoms with E-state index in [1.807, 2.05) is 19.1 Å². The molecule has 5 heteroatoms. The molecule has 1 atom stereocenters. The zero-order chi connectivity index (χ0) is 14.7. The lowest BCUT2D eigenvalue weighted by Crippen LogP contribution is -2.18. The summed E-state index contributed by atoms with van der Waals surface area (Å²) in [5, 5.41) is 4.23. The van der Waals surface area contributed by atoms with Crippen LogP contribution < -0.4 is 19.9 Å². The predicted molar refractivity (Wildman–Crippen MR) is 83.4 cm³/mol. The van der Waals surface area contributed by atoms with Gasteiger partial charge in [-0.2, -0.15) is 11.3 Å². The van der Waals surface area contributed by atoms with Gasteiger partial charge in [0.15, 0.2) is 11.5 Å². The van der Waals surface area contributed by atoms with E-state index in [2.05, 4.69) is 16.8 Å². The first-order valence-electron chi connectivity index (χ1n) is 7.04. The summed E-state index contributed by atoms with van der Waals surface area (Å²) in [5.41, 5.74) is 8.29. The number of nitrogens with two attached hydrogens (primary N) is 1. The van der Waals surface area contributed by atoms with Crippen LogP contribution in [0.25, 0.3) is 0 Å². The summed E-state index contributed by atoms with van der Waals surface area (Å²) in [5.74, 6) is 2.36. The van der Waals surface area contributed by atoms with Crippen molar-refractivity contribution in [3.8, 4) is 17.2 Å². The van der Waals surface area contributed by atoms with Crippen molar-refractivity contribution >= 4 is 11.3 Å². The number of hydrogen-bond donors (Lipinski definition) is 1. The first-order chi connectivity index (χ1) is 10.2. The monoisotopic (exact) mass is 305 g/mol. The van der Waals surface area contributed by atoms with Crippen LogP contribution in [0.15, 0.2) is 29.0 Å². The Hall–Kier alpha value is -1.72. The first-order valence-corrected chi connectivity index (χ1v) is 7.98. The zero-order valence-electron chi connectivity index (χ0n) is 12.0. The summed E-state index contributed by atoms with van der Waals surface area (Å²) in [7, 11) is 0. The highest BCUT2D eigenvalue weighted by Crippen LogP contribution is 2.38. The molecule has 0 saturated carbocycles. The van der Waals surface area contributed by atoms with Crippen LogP contribution in [0.1, 0.15) is 18.1 Å². The van der Waals surface area contributed by atoms with Crippen molar-refractivity contribution in [2.45, 2.75) is 25.8 Å². The molecule has 0 spiro atoms. The maximum atomic E-state index is 5.95. The van der Waals surface area contributed by atoms with Gasteiger partial charge in [0.2, 0.25) is 6.79 Å². The highest BCUT2D eigenvalue weighted by Gasteiger charge is 2.18. The number of thiophene rings is 1. The molecule has 0 bridgehead atoms. The average molecular weight is 305 g/mol. The Labute approximate surface area is 128 Å². The summed E-state index contributed by atoms with van der Waals surface area (Å²) in [4.78, 5) is 0. The molecule has 1 aliphatic heterocycles. The van der Waals surface area contributed by atoms with Gasteiger partial charge in [0, 0.05) is 18.5 Å². The van der Waals surface area contributed by atoms with Crippen LogP contribution in [0, 0.1) is 0 Å². The van der Waals surface area contributed by atoms with Crippen molar-refractivity contribution in [1.82, 2.24) is 0 Å². The molecule has 0 fully saturated rings. The van der Waals surface area contributed by atoms with Gasteiger partial charge in [0.25, 0.3) is 0 Å². The van der Waals surface area contributed by atoms with Gasteiger partial charge in [0.05, 0.1) is 6.61 Å². The van der Waals surface area contributed by atoms with Gasteiger partial charge in [0.1, 0.15) is 5.75 Å². The third-order valence-corrected chi connectivity index (χ3v) is 4.06. The van der Waals surface area contributed by atoms with E-state index in [9.17, 15) is 0 Å². The second-order valence-corrected chi connectivity index (χ2v) is 6.00. The molecule has 2 heterocycles. The number of hydrogen-bond acceptors (Lipinski definition) is 5. The molecule has 112 valence electrons. The standard InChI is InChI=1S/C16H19NO3S/c1-11(17)6-13-7-15-16(20-10-19-15)8-14(13)18-4-2-12-3-5-21-9-12/h3,5,7-9,11H,2,4,6,10,17H2,1H3. The zero-order valence-corrected chi connectivity index (χ0v) is 12.8. The van der Waals surface area contributed by atoms with E-state index in [0.29, 0.717) is 6.61 Å². The molecule has 1 aliphatic rings. The van der Waals surface area contributed by atoms with E-state index in [1.54, 1.807) is 11.3 Å². The van der Waals surface area contributed by atoms with Crippen LogP contribution in [0.5, 0.6) is 17.2 Å². The van der Waals surface area contributed by atoms with E-state index in [1.165, 1.54) is 5.56 Å². The van der Waals surface area contributed by atoms with E-state index >= 15 is 0 Å². The predicted octanol–water partition coefficient (Wildman–Crippen LogP) is 2.99. The largest absolute Gasteiger partial charge is 0.493 e. The number of fused-ring (bicyclic) bond motifs is 1. The summed E-state index contributed by atoms with van der Waals surface area (Å²) >= 11 is 1.71. The summed E-state index contributed by atoms with van der Waals surface area (Å²) in [6.07, 6.45) is 1.65. The smallest absolute Gasteiger partial charge is 0.231 e. The number of rotatable bonds is 6. The Morgan fingerprint density at radius 3 is 2.86 bits per heavy atom. The van der Waals surface area contributed by atoms with Gasteiger partial charge in [-0.15, -0.1) is 0 Å². The Morgan fingerprint density at radius 1 is 1.33 bits per heavy atom. The maximum absolute atomic E-state index is 5.95. The fourth-order valence-electron chi connectivity index (χ4n) is 2.32. The SMILES string of the molecule is CC(N)Cc1cc2c(cc1OCCc1ccsc1)OCO2. The van der Waals surface area contributed by atoms with Crippen LogP contribution in [0.2, 0.25) is 0 Å². The van der Waals surface area contributed by atoms with Crippen LogP contribution in [0.4, 0.5) is 0 Å². The molecule has 0 aliphatic carbocycles. The van der Waals surface area contributed by atoms with Crippen LogP contribution >= 0.6 is 11.3 Å². The Kier molecular flexibility index (Phi) is 4.31. The lowest BCUT2D eigenvalue weighted by Gasteiger charge is -2.14. The van der Waals surface area contributed by atoms with Crippen LogP contribution in [-0.4, -0.2) is 19.4 Å². The number of ether oxygens (including phenoxy) is 3. The van der Waals surface area contributed by atoms with Gasteiger partial charge >= 0.3 is 0 Å². The lowest BCUT2D eigenvalue weighted by atomic mass is 10.1. The van der Waals surface area contributed by atoms with E-state index in [4.69, 9.17) is 19.9 Å². The van der Waals surface area contributed by atoms with Gasteiger partial charge in [-0.1, -0.05) is 0 Å². The summed E-state index contributed by atoms with van der Waals surface area (Å²) < 4.78 is 16.8. The van der Waals surface area contributed by atoms with Crippen molar-refractivity contribution in [2.75, 3.05) is 13.4 Å². The quantitative estimate of drug-likeness (QED) is 0.891. The van der Waals surface area contributed by atoms with Crippen molar-refractivity contribution < 1.29 is 14.2 Å². The Bertz CT molecular complexity index is 596. The molecule has 2 aromatic rings. The van der Waals surface area contributed by atoms with Crippen molar-refractivity contribution in [3.63, 3.8) is 0 Å². The van der Waals surface area contributed by atoms with Crippen molar-refractivity contribution in [2.24, 2.45) is 5.73 Å². The highest BCUT2D eigenvalue weighted by atomic mass is 32.1. The molecular formula is C16H19NO3S. The molecule has 3 rings (SSSR count). The van der Waals surface area contributed by atoms with Crippen LogP contribution in [0.3, 0.4) is 0 Å². The second-order valence-electron chi connectivity index (χ2n) is 5.22. The minimum absolute atomic E-state index is 0.0737. The average Bonchev–Trinajstić information content (AvgIpc) is 3.09. The second kappa shape index (κ2) is 6.37. The molecule has 1 unspecified atom stereocenters. The fourth-order valence-corrected chi connectivity index (χ4v) is 3.02. The maximum Gasteiger partial charge on any atom is 0.231 e. The third-order valence-electron chi connectivity index (χ3n) is 3.33. The van der Waals surface area contributed by atoms with E-state index < -0.39 is 0 Å². The lowest BCUT2D eigenvalue weighted by molar-refractivity contribution is 0.173. The highest BCUT2D eigenvalue weighted by molar-refractivity contribution is 7.07. The molecule has 1 aromatic carbocycles. The molecule has 0 saturated heterocycles. The normalized spacial score (nSPS) is 14.2. The molecule has 2 N–H and O–H groups in total. The number of benzene rings is 1. The van der Waals surface area contributed by atoms with Crippen LogP contribution in [-0.2, 0) is 12.8 Å². The molecule has 1 aromatic heterocycles. The molecule has 0 amide bonds. The van der Waals surface area contributed by atoms with Gasteiger partial charge in [-0.05, 0) is 47.4 Å². The van der Waals surface area contributed by atoms with Gasteiger partial charge < -0.3 is 19.9 Å². The topological polar surface area (TPSA) is 53.7 Å². The van der Waals surface area contributed by atoms with E-state index in [-0.39, 0.29) is 12.8 Å². The Balaban J connectivity index is 1.72.